The standard InChI is InChI=1S/C40H50N8O8/c1-5-54-36(53)34(23-18-45-37(41)46-19-23)27-14-24(35(52)56-27)25(48-32-8-6-7-11-42-32)15-29-38(3)10-9-31(51)39(4,20-49)28(38)17-30(40(29)21-55-40)47-22(2)26(50)16-33-43-12-13-44-33/h6-8,11-12,14,18-19,22,25,28-31,47,49,51H,5,9-10,13,15-17,20-21H2,1-4H3,(H,42,48)(H2,41,45,46)/b34-27-/t22?,25?,28?,29?,30?,31-,38+,39+,40?/m1/s1. The molecular formula is C40H50N8O8. The smallest absolute Gasteiger partial charge is 0.342 e. The third-order valence-corrected chi connectivity index (χ3v) is 12.7. The van der Waals surface area contributed by atoms with E-state index in [2.05, 4.69) is 42.5 Å². The summed E-state index contributed by atoms with van der Waals surface area (Å²) < 4.78 is 17.7. The molecule has 0 amide bonds. The van der Waals surface area contributed by atoms with E-state index in [-0.39, 0.29) is 71.7 Å². The molecule has 3 fully saturated rings. The first kappa shape index (κ1) is 39.3. The normalized spacial score (nSPS) is 32.5. The lowest BCUT2D eigenvalue weighted by Gasteiger charge is -2.63. The summed E-state index contributed by atoms with van der Waals surface area (Å²) in [5.41, 5.74) is 4.11. The van der Waals surface area contributed by atoms with E-state index in [1.807, 2.05) is 19.9 Å². The Morgan fingerprint density at radius 2 is 1.95 bits per heavy atom. The minimum absolute atomic E-state index is 0.00759. The van der Waals surface area contributed by atoms with Crippen molar-refractivity contribution < 1.29 is 38.8 Å². The predicted molar refractivity (Wildman–Crippen MR) is 206 cm³/mol. The van der Waals surface area contributed by atoms with Gasteiger partial charge in [-0.2, -0.15) is 0 Å². The first-order chi connectivity index (χ1) is 26.8. The van der Waals surface area contributed by atoms with E-state index in [1.165, 1.54) is 12.4 Å². The SMILES string of the molecule is CCOC(=O)/C(=C1/C=C(C(CC2C3(CO3)C(NC(C)C(=O)CC3=NCC=N3)CC3[C@]2(C)CC[C@@H](O)[C@@]3(C)CO)Nc2ccccn2)C(=O)O1)c1cnc(N)nc1. The van der Waals surface area contributed by atoms with Crippen molar-refractivity contribution >= 4 is 47.1 Å². The molecule has 16 heteroatoms. The van der Waals surface area contributed by atoms with Crippen LogP contribution in [0.4, 0.5) is 11.8 Å². The number of cyclic esters (lactones) is 1. The number of nitrogens with zero attached hydrogens (tertiary/aromatic N) is 5. The van der Waals surface area contributed by atoms with Crippen LogP contribution in [0.2, 0.25) is 0 Å². The van der Waals surface area contributed by atoms with Crippen LogP contribution in [0.25, 0.3) is 5.57 Å². The van der Waals surface area contributed by atoms with Gasteiger partial charge in [-0.15, -0.1) is 0 Å². The van der Waals surface area contributed by atoms with Crippen LogP contribution >= 0.6 is 0 Å². The van der Waals surface area contributed by atoms with Gasteiger partial charge in [-0.05, 0) is 75.0 Å². The number of esters is 2. The van der Waals surface area contributed by atoms with Crippen LogP contribution in [-0.2, 0) is 28.6 Å². The van der Waals surface area contributed by atoms with Gasteiger partial charge in [0.15, 0.2) is 5.78 Å². The number of Topliss-reactive ketones (excluding diaryl/α,β-unsaturated/α-hetero) is 1. The molecule has 9 atom stereocenters. The van der Waals surface area contributed by atoms with Crippen molar-refractivity contribution in [1.29, 1.82) is 0 Å². The fourth-order valence-electron chi connectivity index (χ4n) is 9.56. The lowest BCUT2D eigenvalue weighted by molar-refractivity contribution is -0.184. The number of aliphatic hydroxyl groups excluding tert-OH is 2. The van der Waals surface area contributed by atoms with Crippen LogP contribution in [0.5, 0.6) is 0 Å². The van der Waals surface area contributed by atoms with Gasteiger partial charge < -0.3 is 40.8 Å². The van der Waals surface area contributed by atoms with Gasteiger partial charge >= 0.3 is 11.9 Å². The summed E-state index contributed by atoms with van der Waals surface area (Å²) in [6.07, 6.45) is 8.93. The van der Waals surface area contributed by atoms with Crippen molar-refractivity contribution in [3.8, 4) is 0 Å². The second-order valence-electron chi connectivity index (χ2n) is 15.9. The molecule has 7 rings (SSSR count). The average Bonchev–Trinajstić information content (AvgIpc) is 3.62. The second-order valence-corrected chi connectivity index (χ2v) is 15.9. The number of nitrogens with two attached hydrogens (primary N) is 1. The summed E-state index contributed by atoms with van der Waals surface area (Å²) in [5, 5.41) is 29.5. The number of carbonyl (C=O) groups is 3. The van der Waals surface area contributed by atoms with Gasteiger partial charge in [0.1, 0.15) is 28.6 Å². The number of hydrogen-bond acceptors (Lipinski definition) is 16. The summed E-state index contributed by atoms with van der Waals surface area (Å²) in [4.78, 5) is 62.0. The molecule has 1 spiro atoms. The van der Waals surface area contributed by atoms with Gasteiger partial charge in [0.05, 0.1) is 56.5 Å². The number of fused-ring (bicyclic) bond motifs is 1. The number of aliphatic imine (C=N–C) groups is 2. The fraction of sp³-hybridized carbons (Fsp3) is 0.550. The number of anilines is 2. The first-order valence-corrected chi connectivity index (χ1v) is 19.2. The summed E-state index contributed by atoms with van der Waals surface area (Å²) in [5.74, 6) is -0.930. The highest BCUT2D eigenvalue weighted by atomic mass is 16.6. The highest BCUT2D eigenvalue weighted by Crippen LogP contribution is 2.66. The van der Waals surface area contributed by atoms with E-state index in [9.17, 15) is 24.6 Å². The Kier molecular flexibility index (Phi) is 10.9. The molecular weight excluding hydrogens is 720 g/mol. The summed E-state index contributed by atoms with van der Waals surface area (Å²) >= 11 is 0. The molecule has 0 radical (unpaired) electrons. The zero-order valence-corrected chi connectivity index (χ0v) is 32.1. The van der Waals surface area contributed by atoms with E-state index in [0.717, 1.165) is 0 Å². The second kappa shape index (κ2) is 15.6. The molecule has 56 heavy (non-hydrogen) atoms. The highest BCUT2D eigenvalue weighted by Gasteiger charge is 2.71. The fourth-order valence-corrected chi connectivity index (χ4v) is 9.56. The Hall–Kier alpha value is -4.90. The number of ether oxygens (including phenoxy) is 3. The van der Waals surface area contributed by atoms with Crippen molar-refractivity contribution in [1.82, 2.24) is 20.3 Å². The molecule has 298 valence electrons. The Morgan fingerprint density at radius 3 is 2.59 bits per heavy atom. The number of nitrogens with one attached hydrogen (secondary N) is 2. The number of allylic oxidation sites excluding steroid dienone is 1. The number of ketones is 1. The Bertz CT molecular complexity index is 1970. The van der Waals surface area contributed by atoms with Crippen molar-refractivity contribution in [2.75, 3.05) is 37.4 Å². The van der Waals surface area contributed by atoms with E-state index >= 15 is 0 Å². The van der Waals surface area contributed by atoms with Crippen molar-refractivity contribution in [3.05, 3.63) is 59.8 Å². The molecule has 2 aliphatic carbocycles. The summed E-state index contributed by atoms with van der Waals surface area (Å²) in [7, 11) is 0. The number of hydrogen-bond donors (Lipinski definition) is 5. The maximum Gasteiger partial charge on any atom is 0.342 e. The molecule has 6 N–H and O–H groups in total. The van der Waals surface area contributed by atoms with Crippen LogP contribution in [0, 0.1) is 22.7 Å². The van der Waals surface area contributed by atoms with Crippen LogP contribution in [0.1, 0.15) is 65.4 Å². The maximum atomic E-state index is 14.0. The van der Waals surface area contributed by atoms with Gasteiger partial charge in [-0.1, -0.05) is 19.9 Å². The lowest BCUT2D eigenvalue weighted by Crippen LogP contribution is -2.67. The molecule has 16 nitrogen and oxygen atoms in total. The number of amidine groups is 1. The van der Waals surface area contributed by atoms with E-state index in [4.69, 9.17) is 19.9 Å². The van der Waals surface area contributed by atoms with Crippen LogP contribution in [0.15, 0.2) is 64.2 Å². The Balaban J connectivity index is 1.30. The molecule has 2 aromatic heterocycles. The first-order valence-electron chi connectivity index (χ1n) is 19.2. The third-order valence-electron chi connectivity index (χ3n) is 12.7. The molecule has 5 heterocycles. The molecule has 5 aliphatic rings. The number of aliphatic hydroxyl groups is 2. The molecule has 6 unspecified atom stereocenters. The minimum atomic E-state index is -0.858. The highest BCUT2D eigenvalue weighted by molar-refractivity contribution is 6.18. The number of pyridine rings is 1. The van der Waals surface area contributed by atoms with Crippen LogP contribution < -0.4 is 16.4 Å². The number of nitrogen functional groups attached to an aromatic ring is 1. The van der Waals surface area contributed by atoms with Gasteiger partial charge in [-0.25, -0.2) is 29.5 Å². The minimum Gasteiger partial charge on any atom is -0.462 e. The number of rotatable bonds is 14. The third kappa shape index (κ3) is 7.26. The van der Waals surface area contributed by atoms with Crippen LogP contribution in [-0.4, -0.2) is 111 Å². The molecule has 1 saturated heterocycles. The molecule has 3 aliphatic heterocycles. The maximum absolute atomic E-state index is 14.0. The van der Waals surface area contributed by atoms with E-state index in [1.54, 1.807) is 37.5 Å². The lowest BCUT2D eigenvalue weighted by atomic mass is 9.43. The van der Waals surface area contributed by atoms with Gasteiger partial charge in [-0.3, -0.25) is 9.79 Å². The molecule has 2 aromatic rings. The van der Waals surface area contributed by atoms with Crippen LogP contribution in [0.3, 0.4) is 0 Å². The largest absolute Gasteiger partial charge is 0.462 e. The quantitative estimate of drug-likeness (QED) is 0.105. The number of epoxide rings is 1. The topological polar surface area (TPSA) is 236 Å². The zero-order valence-electron chi connectivity index (χ0n) is 32.1. The van der Waals surface area contributed by atoms with E-state index in [0.29, 0.717) is 50.5 Å². The summed E-state index contributed by atoms with van der Waals surface area (Å²) in [6, 6.07) is 3.79. The Morgan fingerprint density at radius 1 is 1.18 bits per heavy atom. The zero-order chi connectivity index (χ0) is 39.8. The van der Waals surface area contributed by atoms with E-state index < -0.39 is 46.6 Å². The van der Waals surface area contributed by atoms with Gasteiger partial charge in [0, 0.05) is 41.8 Å². The van der Waals surface area contributed by atoms with Crippen molar-refractivity contribution in [2.24, 2.45) is 32.7 Å². The van der Waals surface area contributed by atoms with Gasteiger partial charge in [0.25, 0.3) is 0 Å². The summed E-state index contributed by atoms with van der Waals surface area (Å²) in [6.45, 7) is 8.33. The molecule has 0 aromatic carbocycles. The molecule has 2 saturated carbocycles. The monoisotopic (exact) mass is 770 g/mol. The Labute approximate surface area is 325 Å². The van der Waals surface area contributed by atoms with Gasteiger partial charge in [0.2, 0.25) is 5.95 Å². The molecule has 0 bridgehead atoms. The van der Waals surface area contributed by atoms with Crippen molar-refractivity contribution in [2.45, 2.75) is 89.6 Å². The number of aromatic nitrogens is 3. The van der Waals surface area contributed by atoms with Crippen molar-refractivity contribution in [3.63, 3.8) is 0 Å². The average molecular weight is 771 g/mol. The number of carbonyl (C=O) groups excluding carboxylic acids is 3. The predicted octanol–water partition coefficient (Wildman–Crippen LogP) is 2.44.